The first-order valence-electron chi connectivity index (χ1n) is 4.39. The van der Waals surface area contributed by atoms with Crippen LogP contribution in [0, 0.1) is 15.9 Å². The van der Waals surface area contributed by atoms with Gasteiger partial charge in [-0.2, -0.15) is 9.36 Å². The lowest BCUT2D eigenvalue weighted by atomic mass is 10.2. The van der Waals surface area contributed by atoms with Crippen molar-refractivity contribution < 1.29 is 0 Å². The number of terminal acetylenes is 1. The van der Waals surface area contributed by atoms with Gasteiger partial charge in [0.15, 0.2) is 0 Å². The quantitative estimate of drug-likeness (QED) is 0.568. The molecule has 1 aromatic carbocycles. The molecule has 16 heavy (non-hydrogen) atoms. The zero-order valence-corrected chi connectivity index (χ0v) is 10.5. The predicted molar refractivity (Wildman–Crippen MR) is 67.3 cm³/mol. The number of hydrogen-bond donors (Lipinski definition) is 0. The highest BCUT2D eigenvalue weighted by Gasteiger charge is 2.11. The van der Waals surface area contributed by atoms with Gasteiger partial charge in [0, 0.05) is 12.6 Å². The summed E-state index contributed by atoms with van der Waals surface area (Å²) in [5, 5.41) is 7.42. The topological polar surface area (TPSA) is 52.7 Å². The molecule has 0 aliphatic carbocycles. The van der Waals surface area contributed by atoms with E-state index >= 15 is 0 Å². The van der Waals surface area contributed by atoms with Gasteiger partial charge in [-0.15, -0.1) is 6.42 Å². The predicted octanol–water partition coefficient (Wildman–Crippen LogP) is 0.552. The van der Waals surface area contributed by atoms with E-state index in [9.17, 15) is 4.79 Å². The SMILES string of the molecule is C#Cc1cccc(-n2nnn(C)c2=O)c1I. The van der Waals surface area contributed by atoms with Crippen LogP contribution in [0.15, 0.2) is 23.0 Å². The van der Waals surface area contributed by atoms with Crippen LogP contribution in [-0.4, -0.2) is 19.8 Å². The van der Waals surface area contributed by atoms with E-state index in [1.54, 1.807) is 19.2 Å². The number of benzene rings is 1. The fourth-order valence-corrected chi connectivity index (χ4v) is 2.00. The van der Waals surface area contributed by atoms with Gasteiger partial charge in [-0.05, 0) is 45.2 Å². The second-order valence-corrected chi connectivity index (χ2v) is 4.16. The Morgan fingerprint density at radius 2 is 2.19 bits per heavy atom. The van der Waals surface area contributed by atoms with Crippen molar-refractivity contribution in [3.63, 3.8) is 0 Å². The summed E-state index contributed by atoms with van der Waals surface area (Å²) in [6.07, 6.45) is 5.36. The Hall–Kier alpha value is -1.62. The first-order valence-corrected chi connectivity index (χ1v) is 5.47. The lowest BCUT2D eigenvalue weighted by Gasteiger charge is -2.03. The van der Waals surface area contributed by atoms with Gasteiger partial charge in [0.2, 0.25) is 0 Å². The lowest BCUT2D eigenvalue weighted by Crippen LogP contribution is -2.22. The number of halogens is 1. The summed E-state index contributed by atoms with van der Waals surface area (Å²) in [7, 11) is 1.55. The van der Waals surface area contributed by atoms with Crippen molar-refractivity contribution in [1.29, 1.82) is 0 Å². The second kappa shape index (κ2) is 4.09. The molecule has 0 amide bonds. The van der Waals surface area contributed by atoms with Crippen LogP contribution in [0.5, 0.6) is 0 Å². The highest BCUT2D eigenvalue weighted by Crippen LogP contribution is 2.18. The maximum absolute atomic E-state index is 11.7. The minimum Gasteiger partial charge on any atom is -0.244 e. The highest BCUT2D eigenvalue weighted by atomic mass is 127. The number of hydrogen-bond acceptors (Lipinski definition) is 3. The van der Waals surface area contributed by atoms with Crippen molar-refractivity contribution in [2.24, 2.45) is 7.05 Å². The Balaban J connectivity index is 2.71. The average Bonchev–Trinajstić information content (AvgIpc) is 2.61. The van der Waals surface area contributed by atoms with E-state index in [1.807, 2.05) is 6.07 Å². The number of rotatable bonds is 1. The molecular formula is C10H7IN4O. The van der Waals surface area contributed by atoms with Gasteiger partial charge in [0.25, 0.3) is 0 Å². The molecule has 0 saturated carbocycles. The third-order valence-electron chi connectivity index (χ3n) is 2.08. The van der Waals surface area contributed by atoms with E-state index < -0.39 is 0 Å². The molecule has 0 fully saturated rings. The van der Waals surface area contributed by atoms with E-state index in [2.05, 4.69) is 38.9 Å². The molecule has 0 atom stereocenters. The minimum atomic E-state index is -0.299. The maximum atomic E-state index is 11.7. The van der Waals surface area contributed by atoms with Gasteiger partial charge < -0.3 is 0 Å². The summed E-state index contributed by atoms with van der Waals surface area (Å²) in [4.78, 5) is 11.7. The number of nitrogens with zero attached hydrogens (tertiary/aromatic N) is 4. The molecule has 5 nitrogen and oxygen atoms in total. The van der Waals surface area contributed by atoms with Crippen LogP contribution in [0.1, 0.15) is 5.56 Å². The molecule has 2 aromatic rings. The number of tetrazole rings is 1. The van der Waals surface area contributed by atoms with Gasteiger partial charge >= 0.3 is 5.69 Å². The highest BCUT2D eigenvalue weighted by molar-refractivity contribution is 14.1. The van der Waals surface area contributed by atoms with E-state index in [0.717, 1.165) is 9.13 Å². The molecule has 0 spiro atoms. The molecule has 1 aromatic heterocycles. The van der Waals surface area contributed by atoms with Crippen molar-refractivity contribution in [2.75, 3.05) is 0 Å². The Morgan fingerprint density at radius 3 is 2.75 bits per heavy atom. The summed E-state index contributed by atoms with van der Waals surface area (Å²) >= 11 is 2.09. The molecule has 0 N–H and O–H groups in total. The Bertz CT molecular complexity index is 635. The summed E-state index contributed by atoms with van der Waals surface area (Å²) < 4.78 is 3.20. The first-order chi connectivity index (χ1) is 7.65. The molecule has 80 valence electrons. The summed E-state index contributed by atoms with van der Waals surface area (Å²) in [6.45, 7) is 0. The van der Waals surface area contributed by atoms with Crippen LogP contribution in [0.3, 0.4) is 0 Å². The fourth-order valence-electron chi connectivity index (χ4n) is 1.26. The molecule has 0 aliphatic heterocycles. The monoisotopic (exact) mass is 326 g/mol. The Labute approximate surface area is 105 Å². The normalized spacial score (nSPS) is 10.1. The molecule has 0 bridgehead atoms. The molecular weight excluding hydrogens is 319 g/mol. The second-order valence-electron chi connectivity index (χ2n) is 3.08. The van der Waals surface area contributed by atoms with Crippen molar-refractivity contribution in [3.8, 4) is 18.0 Å². The Morgan fingerprint density at radius 1 is 1.44 bits per heavy atom. The molecule has 0 aliphatic rings. The van der Waals surface area contributed by atoms with Crippen LogP contribution >= 0.6 is 22.6 Å². The zero-order chi connectivity index (χ0) is 11.7. The third kappa shape index (κ3) is 1.63. The first kappa shape index (κ1) is 10.9. The summed E-state index contributed by atoms with van der Waals surface area (Å²) in [5.74, 6) is 2.55. The van der Waals surface area contributed by atoms with Crippen LogP contribution in [0.25, 0.3) is 5.69 Å². The van der Waals surface area contributed by atoms with E-state index in [0.29, 0.717) is 5.69 Å². The molecule has 0 unspecified atom stereocenters. The zero-order valence-electron chi connectivity index (χ0n) is 8.38. The fraction of sp³-hybridized carbons (Fsp3) is 0.100. The molecule has 1 heterocycles. The van der Waals surface area contributed by atoms with Crippen molar-refractivity contribution >= 4 is 22.6 Å². The van der Waals surface area contributed by atoms with Gasteiger partial charge in [0.05, 0.1) is 9.26 Å². The van der Waals surface area contributed by atoms with Crippen LogP contribution in [-0.2, 0) is 7.05 Å². The minimum absolute atomic E-state index is 0.299. The van der Waals surface area contributed by atoms with Gasteiger partial charge in [-0.1, -0.05) is 12.0 Å². The molecule has 0 radical (unpaired) electrons. The lowest BCUT2D eigenvalue weighted by molar-refractivity contribution is 0.693. The van der Waals surface area contributed by atoms with Crippen molar-refractivity contribution in [1.82, 2.24) is 19.8 Å². The van der Waals surface area contributed by atoms with Gasteiger partial charge in [0.1, 0.15) is 0 Å². The summed E-state index contributed by atoms with van der Waals surface area (Å²) in [5.41, 5.74) is 1.08. The average molecular weight is 326 g/mol. The molecule has 2 rings (SSSR count). The third-order valence-corrected chi connectivity index (χ3v) is 3.22. The van der Waals surface area contributed by atoms with E-state index in [-0.39, 0.29) is 5.69 Å². The van der Waals surface area contributed by atoms with Crippen LogP contribution in [0.2, 0.25) is 0 Å². The molecule has 6 heteroatoms. The standard InChI is InChI=1S/C10H7IN4O/c1-3-7-5-4-6-8(9(7)11)15-10(16)14(2)12-13-15/h1,4-6H,2H3. The number of aryl methyl sites for hydroxylation is 1. The van der Waals surface area contributed by atoms with Crippen LogP contribution in [0.4, 0.5) is 0 Å². The summed E-state index contributed by atoms with van der Waals surface area (Å²) in [6, 6.07) is 5.37. The number of aromatic nitrogens is 4. The smallest absolute Gasteiger partial charge is 0.244 e. The van der Waals surface area contributed by atoms with Crippen LogP contribution < -0.4 is 5.69 Å². The van der Waals surface area contributed by atoms with Crippen molar-refractivity contribution in [2.45, 2.75) is 0 Å². The van der Waals surface area contributed by atoms with E-state index in [1.165, 1.54) is 9.36 Å². The Kier molecular flexibility index (Phi) is 2.78. The largest absolute Gasteiger partial charge is 0.368 e. The molecule has 0 saturated heterocycles. The van der Waals surface area contributed by atoms with Crippen molar-refractivity contribution in [3.05, 3.63) is 37.8 Å². The van der Waals surface area contributed by atoms with Gasteiger partial charge in [-0.25, -0.2) is 4.79 Å². The maximum Gasteiger partial charge on any atom is 0.368 e. The van der Waals surface area contributed by atoms with E-state index in [4.69, 9.17) is 6.42 Å². The van der Waals surface area contributed by atoms with Gasteiger partial charge in [-0.3, -0.25) is 0 Å².